The van der Waals surface area contributed by atoms with Crippen molar-refractivity contribution in [1.82, 2.24) is 9.88 Å². The third kappa shape index (κ3) is 6.17. The maximum atomic E-state index is 13.9. The fourth-order valence-electron chi connectivity index (χ4n) is 4.18. The van der Waals surface area contributed by atoms with Gasteiger partial charge < -0.3 is 15.5 Å². The van der Waals surface area contributed by atoms with Crippen molar-refractivity contribution in [3.8, 4) is 5.88 Å². The smallest absolute Gasteiger partial charge is 0.416 e. The molecule has 1 amide bonds. The number of aromatic nitrogens is 1. The summed E-state index contributed by atoms with van der Waals surface area (Å²) < 4.78 is 42.8. The molecular weight excluding hydrogens is 557 g/mol. The van der Waals surface area contributed by atoms with Gasteiger partial charge in [0.1, 0.15) is 0 Å². The number of aromatic hydroxyl groups is 1. The monoisotopic (exact) mass is 580 g/mol. The SMILES string of the molecule is CC(C)(C)C(Cn1c(O)c(C(Cc2ccc(Cl)cc2C(F)(F)F)=c2ccc3c(c2)C=NN=3)sc1=O)NC(=O)O. The lowest BCUT2D eigenvalue weighted by molar-refractivity contribution is -0.138. The van der Waals surface area contributed by atoms with E-state index in [0.29, 0.717) is 27.5 Å². The van der Waals surface area contributed by atoms with Crippen molar-refractivity contribution in [1.29, 1.82) is 0 Å². The fourth-order valence-corrected chi connectivity index (χ4v) is 5.32. The van der Waals surface area contributed by atoms with Crippen molar-refractivity contribution in [2.75, 3.05) is 0 Å². The lowest BCUT2D eigenvalue weighted by Crippen LogP contribution is -2.46. The number of hydrogen-bond acceptors (Lipinski definition) is 6. The Kier molecular flexibility index (Phi) is 7.63. The lowest BCUT2D eigenvalue weighted by atomic mass is 9.86. The Morgan fingerprint density at radius 2 is 1.90 bits per heavy atom. The largest absolute Gasteiger partial charge is 0.493 e. The summed E-state index contributed by atoms with van der Waals surface area (Å²) in [7, 11) is 0. The van der Waals surface area contributed by atoms with Gasteiger partial charge in [-0.3, -0.25) is 9.36 Å². The highest BCUT2D eigenvalue weighted by Crippen LogP contribution is 2.37. The van der Waals surface area contributed by atoms with Crippen LogP contribution >= 0.6 is 22.9 Å². The molecule has 0 aliphatic carbocycles. The topological polar surface area (TPSA) is 116 Å². The molecule has 1 atom stereocenters. The van der Waals surface area contributed by atoms with Crippen molar-refractivity contribution in [2.45, 2.75) is 46.0 Å². The molecule has 0 saturated carbocycles. The van der Waals surface area contributed by atoms with Gasteiger partial charge in [0.15, 0.2) is 0 Å². The number of halogens is 4. The Balaban J connectivity index is 1.91. The first-order valence-corrected chi connectivity index (χ1v) is 12.9. The molecule has 2 aromatic carbocycles. The molecule has 3 N–H and O–H groups in total. The Hall–Kier alpha value is -3.64. The van der Waals surface area contributed by atoms with Crippen LogP contribution < -0.4 is 20.8 Å². The molecule has 1 aromatic heterocycles. The third-order valence-corrected chi connectivity index (χ3v) is 7.60. The maximum Gasteiger partial charge on any atom is 0.416 e. The van der Waals surface area contributed by atoms with E-state index in [1.54, 1.807) is 39.0 Å². The normalized spacial score (nSPS) is 14.5. The van der Waals surface area contributed by atoms with Gasteiger partial charge in [-0.2, -0.15) is 23.4 Å². The molecule has 1 unspecified atom stereocenters. The zero-order chi connectivity index (χ0) is 28.7. The number of nitrogens with one attached hydrogen (secondary N) is 1. The van der Waals surface area contributed by atoms with Crippen LogP contribution in [0, 0.1) is 5.41 Å². The summed E-state index contributed by atoms with van der Waals surface area (Å²) in [5.41, 5.74) is -0.764. The maximum absolute atomic E-state index is 13.9. The van der Waals surface area contributed by atoms with Crippen LogP contribution in [0.5, 0.6) is 5.88 Å². The number of hydrogen-bond donors (Lipinski definition) is 3. The number of rotatable bonds is 6. The number of carbonyl (C=O) groups is 1. The standard InChI is InChI=1S/C26H24ClF3N4O4S/c1-25(2,3)20(32-23(36)37)12-34-22(35)21(39-24(34)38)17(13-5-7-19-15(8-13)11-31-33-19)9-14-4-6-16(27)10-18(14)26(28,29)30/h4-8,10-11,20,32,35H,9,12H2,1-3H3,(H,36,37). The van der Waals surface area contributed by atoms with Gasteiger partial charge >= 0.3 is 17.1 Å². The summed E-state index contributed by atoms with van der Waals surface area (Å²) in [5, 5.41) is 31.6. The van der Waals surface area contributed by atoms with Crippen LogP contribution in [0.1, 0.15) is 42.3 Å². The molecule has 0 spiro atoms. The van der Waals surface area contributed by atoms with Crippen LogP contribution in [-0.2, 0) is 19.1 Å². The van der Waals surface area contributed by atoms with Gasteiger partial charge in [-0.25, -0.2) is 4.79 Å². The average Bonchev–Trinajstić information content (AvgIpc) is 3.40. The van der Waals surface area contributed by atoms with Crippen LogP contribution in [-0.4, -0.2) is 33.1 Å². The number of thiazole rings is 1. The zero-order valence-electron chi connectivity index (χ0n) is 21.0. The molecule has 0 fully saturated rings. The van der Waals surface area contributed by atoms with Crippen LogP contribution in [0.4, 0.5) is 18.0 Å². The number of amides is 1. The minimum atomic E-state index is -4.70. The van der Waals surface area contributed by atoms with Gasteiger partial charge in [-0.05, 0) is 46.0 Å². The van der Waals surface area contributed by atoms with Crippen molar-refractivity contribution in [3.63, 3.8) is 0 Å². The zero-order valence-corrected chi connectivity index (χ0v) is 22.6. The molecular formula is C26H24ClF3N4O4S. The van der Waals surface area contributed by atoms with E-state index in [4.69, 9.17) is 11.6 Å². The molecule has 8 nitrogen and oxygen atoms in total. The van der Waals surface area contributed by atoms with Crippen LogP contribution in [0.2, 0.25) is 5.02 Å². The molecule has 206 valence electrons. The summed E-state index contributed by atoms with van der Waals surface area (Å²) in [4.78, 5) is 23.9. The van der Waals surface area contributed by atoms with Gasteiger partial charge in [0.05, 0.1) is 34.6 Å². The third-order valence-electron chi connectivity index (χ3n) is 6.33. The molecule has 0 bridgehead atoms. The fraction of sp³-hybridized carbons (Fsp3) is 0.308. The van der Waals surface area contributed by atoms with E-state index in [9.17, 15) is 33.0 Å². The van der Waals surface area contributed by atoms with E-state index in [1.807, 2.05) is 0 Å². The van der Waals surface area contributed by atoms with E-state index < -0.39 is 40.0 Å². The van der Waals surface area contributed by atoms with E-state index in [2.05, 4.69) is 15.5 Å². The van der Waals surface area contributed by atoms with Crippen LogP contribution in [0.25, 0.3) is 5.57 Å². The van der Waals surface area contributed by atoms with Gasteiger partial charge in [0, 0.05) is 17.0 Å². The van der Waals surface area contributed by atoms with E-state index in [0.717, 1.165) is 10.6 Å². The minimum Gasteiger partial charge on any atom is -0.493 e. The Morgan fingerprint density at radius 3 is 2.54 bits per heavy atom. The summed E-state index contributed by atoms with van der Waals surface area (Å²) in [6.45, 7) is 5.14. The number of nitrogens with zero attached hydrogens (tertiary/aromatic N) is 3. The van der Waals surface area contributed by atoms with Crippen LogP contribution in [0.3, 0.4) is 0 Å². The van der Waals surface area contributed by atoms with E-state index in [1.165, 1.54) is 18.3 Å². The van der Waals surface area contributed by atoms with Crippen molar-refractivity contribution in [2.24, 2.45) is 15.6 Å². The number of benzene rings is 2. The first-order valence-electron chi connectivity index (χ1n) is 11.7. The lowest BCUT2D eigenvalue weighted by Gasteiger charge is -2.30. The second kappa shape index (κ2) is 10.5. The predicted molar refractivity (Wildman–Crippen MR) is 142 cm³/mol. The summed E-state index contributed by atoms with van der Waals surface area (Å²) in [6.07, 6.45) is -4.78. The second-order valence-electron chi connectivity index (χ2n) is 10.1. The second-order valence-corrected chi connectivity index (χ2v) is 11.5. The van der Waals surface area contributed by atoms with Gasteiger partial charge in [-0.1, -0.05) is 55.8 Å². The van der Waals surface area contributed by atoms with Crippen molar-refractivity contribution in [3.05, 3.63) is 83.2 Å². The van der Waals surface area contributed by atoms with Crippen LogP contribution in [0.15, 0.2) is 51.4 Å². The predicted octanol–water partition coefficient (Wildman–Crippen LogP) is 4.38. The number of alkyl halides is 3. The minimum absolute atomic E-state index is 0.0675. The molecule has 4 rings (SSSR count). The molecule has 0 radical (unpaired) electrons. The Labute approximate surface area is 229 Å². The Morgan fingerprint density at radius 1 is 1.18 bits per heavy atom. The average molecular weight is 581 g/mol. The summed E-state index contributed by atoms with van der Waals surface area (Å²) in [5.74, 6) is -0.470. The Bertz CT molecular complexity index is 1660. The van der Waals surface area contributed by atoms with Gasteiger partial charge in [-0.15, -0.1) is 0 Å². The highest BCUT2D eigenvalue weighted by atomic mass is 35.5. The quantitative estimate of drug-likeness (QED) is 0.401. The molecule has 1 aliphatic heterocycles. The molecule has 13 heteroatoms. The first-order chi connectivity index (χ1) is 18.1. The molecule has 39 heavy (non-hydrogen) atoms. The molecule has 1 aliphatic rings. The van der Waals surface area contributed by atoms with Gasteiger partial charge in [0.25, 0.3) is 0 Å². The molecule has 0 saturated heterocycles. The van der Waals surface area contributed by atoms with Gasteiger partial charge in [0.2, 0.25) is 5.88 Å². The summed E-state index contributed by atoms with van der Waals surface area (Å²) in [6, 6.07) is 7.64. The summed E-state index contributed by atoms with van der Waals surface area (Å²) >= 11 is 6.53. The molecule has 3 aromatic rings. The van der Waals surface area contributed by atoms with E-state index >= 15 is 0 Å². The first kappa shape index (κ1) is 28.4. The van der Waals surface area contributed by atoms with E-state index in [-0.39, 0.29) is 34.0 Å². The number of carboxylic acid groups (broad SMARTS) is 1. The highest BCUT2D eigenvalue weighted by molar-refractivity contribution is 7.10. The van der Waals surface area contributed by atoms with Crippen molar-refractivity contribution >= 4 is 40.8 Å². The molecule has 2 heterocycles. The number of fused-ring (bicyclic) bond motifs is 1. The van der Waals surface area contributed by atoms with Crippen molar-refractivity contribution < 1.29 is 28.2 Å². The highest BCUT2D eigenvalue weighted by Gasteiger charge is 2.34.